The molecule has 0 bridgehead atoms. The molecular weight excluding hydrogens is 380 g/mol. The lowest BCUT2D eigenvalue weighted by molar-refractivity contribution is -0.385. The lowest BCUT2D eigenvalue weighted by Crippen LogP contribution is -2.41. The molecule has 1 atom stereocenters. The minimum Gasteiger partial charge on any atom is -0.494 e. The highest BCUT2D eigenvalue weighted by Gasteiger charge is 2.25. The number of amides is 1. The summed E-state index contributed by atoms with van der Waals surface area (Å²) in [5, 5.41) is 13.9. The summed E-state index contributed by atoms with van der Waals surface area (Å²) < 4.78 is 10.2. The Morgan fingerprint density at radius 3 is 2.66 bits per heavy atom. The van der Waals surface area contributed by atoms with E-state index in [-0.39, 0.29) is 48.4 Å². The number of carbonyl (C=O) groups excluding carboxylic acids is 3. The minimum absolute atomic E-state index is 0.0573. The van der Waals surface area contributed by atoms with Crippen molar-refractivity contribution >= 4 is 23.9 Å². The zero-order valence-electron chi connectivity index (χ0n) is 16.4. The van der Waals surface area contributed by atoms with Gasteiger partial charge in [-0.1, -0.05) is 19.3 Å². The van der Waals surface area contributed by atoms with Crippen molar-refractivity contribution in [2.45, 2.75) is 51.0 Å². The fourth-order valence-corrected chi connectivity index (χ4v) is 3.38. The average molecular weight is 406 g/mol. The average Bonchev–Trinajstić information content (AvgIpc) is 2.73. The normalized spacial score (nSPS) is 15.2. The monoisotopic (exact) mass is 406 g/mol. The van der Waals surface area contributed by atoms with Gasteiger partial charge in [0.1, 0.15) is 5.75 Å². The number of nitro groups is 1. The third-order valence-electron chi connectivity index (χ3n) is 5.02. The van der Waals surface area contributed by atoms with Gasteiger partial charge in [-0.3, -0.25) is 24.5 Å². The zero-order chi connectivity index (χ0) is 21.2. The quantitative estimate of drug-likeness (QED) is 0.274. The molecule has 1 saturated carbocycles. The molecule has 0 spiro atoms. The van der Waals surface area contributed by atoms with Gasteiger partial charge in [0.2, 0.25) is 5.91 Å². The van der Waals surface area contributed by atoms with Crippen LogP contribution in [0.4, 0.5) is 5.69 Å². The van der Waals surface area contributed by atoms with E-state index < -0.39 is 16.8 Å². The number of ether oxygens (including phenoxy) is 2. The Labute approximate surface area is 168 Å². The molecule has 29 heavy (non-hydrogen) atoms. The first-order valence-corrected chi connectivity index (χ1v) is 9.68. The van der Waals surface area contributed by atoms with Crippen LogP contribution in [0.3, 0.4) is 0 Å². The number of nitro benzene ring substituents is 1. The molecule has 2 rings (SSSR count). The summed E-state index contributed by atoms with van der Waals surface area (Å²) in [6.07, 6.45) is 5.80. The molecule has 9 heteroatoms. The standard InChI is InChI=1S/C20H26N2O7/c1-28-19(24)12-14(20(25)21-16-5-3-2-4-6-16)9-10-29-17-7-8-18(22(26)27)15(11-17)13-23/h7-8,11,13-14,16H,2-6,9-10,12H2,1H3,(H,21,25). The lowest BCUT2D eigenvalue weighted by atomic mass is 9.94. The van der Waals surface area contributed by atoms with Crippen LogP contribution in [0, 0.1) is 16.0 Å². The van der Waals surface area contributed by atoms with E-state index in [1.165, 1.54) is 31.7 Å². The topological polar surface area (TPSA) is 125 Å². The number of rotatable bonds is 10. The summed E-state index contributed by atoms with van der Waals surface area (Å²) in [6.45, 7) is 0.107. The highest BCUT2D eigenvalue weighted by Crippen LogP contribution is 2.23. The summed E-state index contributed by atoms with van der Waals surface area (Å²) >= 11 is 0. The SMILES string of the molecule is COC(=O)CC(CCOc1ccc([N+](=O)[O-])c(C=O)c1)C(=O)NC1CCCCC1. The van der Waals surface area contributed by atoms with E-state index in [4.69, 9.17) is 4.74 Å². The van der Waals surface area contributed by atoms with Crippen LogP contribution in [-0.4, -0.2) is 42.8 Å². The van der Waals surface area contributed by atoms with Crippen molar-refractivity contribution in [2.75, 3.05) is 13.7 Å². The number of nitrogens with zero attached hydrogens (tertiary/aromatic N) is 1. The van der Waals surface area contributed by atoms with E-state index in [0.29, 0.717) is 6.29 Å². The number of nitrogens with one attached hydrogen (secondary N) is 1. The van der Waals surface area contributed by atoms with Crippen LogP contribution in [0.25, 0.3) is 0 Å². The van der Waals surface area contributed by atoms with Crippen molar-refractivity contribution in [2.24, 2.45) is 5.92 Å². The van der Waals surface area contributed by atoms with E-state index in [9.17, 15) is 24.5 Å². The predicted octanol–water partition coefficient (Wildman–Crippen LogP) is 2.80. The second kappa shape index (κ2) is 11.1. The van der Waals surface area contributed by atoms with Crippen molar-refractivity contribution in [3.63, 3.8) is 0 Å². The largest absolute Gasteiger partial charge is 0.494 e. The molecule has 1 aliphatic rings. The fourth-order valence-electron chi connectivity index (χ4n) is 3.38. The van der Waals surface area contributed by atoms with Gasteiger partial charge in [-0.15, -0.1) is 0 Å². The zero-order valence-corrected chi connectivity index (χ0v) is 16.4. The van der Waals surface area contributed by atoms with Crippen molar-refractivity contribution in [1.82, 2.24) is 5.32 Å². The van der Waals surface area contributed by atoms with Gasteiger partial charge in [0, 0.05) is 12.1 Å². The molecule has 1 aromatic carbocycles. The maximum absolute atomic E-state index is 12.6. The molecular formula is C20H26N2O7. The highest BCUT2D eigenvalue weighted by molar-refractivity contribution is 5.84. The number of esters is 1. The molecule has 1 unspecified atom stereocenters. The Morgan fingerprint density at radius 2 is 2.03 bits per heavy atom. The van der Waals surface area contributed by atoms with Gasteiger partial charge in [0.25, 0.3) is 5.69 Å². The van der Waals surface area contributed by atoms with Crippen LogP contribution in [-0.2, 0) is 14.3 Å². The number of aldehydes is 1. The summed E-state index contributed by atoms with van der Waals surface area (Å²) in [7, 11) is 1.27. The summed E-state index contributed by atoms with van der Waals surface area (Å²) in [5.74, 6) is -1.01. The van der Waals surface area contributed by atoms with Crippen molar-refractivity contribution in [1.29, 1.82) is 0 Å². The molecule has 0 heterocycles. The molecule has 1 aromatic rings. The van der Waals surface area contributed by atoms with Gasteiger partial charge in [0.05, 0.1) is 36.5 Å². The van der Waals surface area contributed by atoms with Crippen molar-refractivity contribution < 1.29 is 28.8 Å². The number of hydrogen-bond donors (Lipinski definition) is 1. The van der Waals surface area contributed by atoms with Crippen molar-refractivity contribution in [3.8, 4) is 5.75 Å². The van der Waals surface area contributed by atoms with E-state index >= 15 is 0 Å². The molecule has 0 aromatic heterocycles. The summed E-state index contributed by atoms with van der Waals surface area (Å²) in [5.41, 5.74) is -0.392. The molecule has 0 saturated heterocycles. The smallest absolute Gasteiger partial charge is 0.306 e. The maximum atomic E-state index is 12.6. The Bertz CT molecular complexity index is 744. The number of carbonyl (C=O) groups is 3. The van der Waals surface area contributed by atoms with E-state index in [2.05, 4.69) is 10.1 Å². The van der Waals surface area contributed by atoms with Crippen LogP contribution in [0.1, 0.15) is 55.3 Å². The minimum atomic E-state index is -0.643. The van der Waals surface area contributed by atoms with Gasteiger partial charge < -0.3 is 14.8 Å². The van der Waals surface area contributed by atoms with Crippen molar-refractivity contribution in [3.05, 3.63) is 33.9 Å². The maximum Gasteiger partial charge on any atom is 0.306 e. The molecule has 1 aliphatic carbocycles. The van der Waals surface area contributed by atoms with Crippen LogP contribution in [0.5, 0.6) is 5.75 Å². The molecule has 1 fully saturated rings. The van der Waals surface area contributed by atoms with Crippen LogP contribution < -0.4 is 10.1 Å². The fraction of sp³-hybridized carbons (Fsp3) is 0.550. The molecule has 0 radical (unpaired) electrons. The molecule has 1 amide bonds. The second-order valence-electron chi connectivity index (χ2n) is 7.05. The molecule has 9 nitrogen and oxygen atoms in total. The van der Waals surface area contributed by atoms with Crippen LogP contribution in [0.15, 0.2) is 18.2 Å². The Balaban J connectivity index is 1.96. The van der Waals surface area contributed by atoms with E-state index in [1.807, 2.05) is 0 Å². The Hall–Kier alpha value is -2.97. The third-order valence-corrected chi connectivity index (χ3v) is 5.02. The first kappa shape index (κ1) is 22.3. The van der Waals surface area contributed by atoms with Gasteiger partial charge in [-0.25, -0.2) is 0 Å². The number of methoxy groups -OCH3 is 1. The van der Waals surface area contributed by atoms with Gasteiger partial charge in [-0.2, -0.15) is 0 Å². The Morgan fingerprint density at radius 1 is 1.31 bits per heavy atom. The highest BCUT2D eigenvalue weighted by atomic mass is 16.6. The van der Waals surface area contributed by atoms with E-state index in [0.717, 1.165) is 25.7 Å². The Kier molecular flexibility index (Phi) is 8.57. The molecule has 158 valence electrons. The van der Waals surface area contributed by atoms with Gasteiger partial charge in [-0.05, 0) is 31.4 Å². The molecule has 1 N–H and O–H groups in total. The lowest BCUT2D eigenvalue weighted by Gasteiger charge is -2.25. The number of benzene rings is 1. The summed E-state index contributed by atoms with van der Waals surface area (Å²) in [4.78, 5) is 45.6. The molecule has 0 aliphatic heterocycles. The summed E-state index contributed by atoms with van der Waals surface area (Å²) in [6, 6.07) is 3.99. The van der Waals surface area contributed by atoms with Crippen LogP contribution in [0.2, 0.25) is 0 Å². The van der Waals surface area contributed by atoms with Gasteiger partial charge >= 0.3 is 5.97 Å². The van der Waals surface area contributed by atoms with Gasteiger partial charge in [0.15, 0.2) is 6.29 Å². The second-order valence-corrected chi connectivity index (χ2v) is 7.05. The number of hydrogen-bond acceptors (Lipinski definition) is 7. The third kappa shape index (κ3) is 6.85. The predicted molar refractivity (Wildman–Crippen MR) is 104 cm³/mol. The first-order chi connectivity index (χ1) is 13.9. The van der Waals surface area contributed by atoms with E-state index in [1.54, 1.807) is 0 Å². The van der Waals surface area contributed by atoms with Crippen LogP contribution >= 0.6 is 0 Å². The first-order valence-electron chi connectivity index (χ1n) is 9.68.